The molecule has 3 heterocycles. The molecule has 1 aromatic heterocycles. The summed E-state index contributed by atoms with van der Waals surface area (Å²) >= 11 is 1.41. The number of piperidine rings is 1. The van der Waals surface area contributed by atoms with E-state index in [9.17, 15) is 9.59 Å². The van der Waals surface area contributed by atoms with Gasteiger partial charge in [0.15, 0.2) is 5.13 Å². The fraction of sp³-hybridized carbons (Fsp3) is 0.250. The Hall–Kier alpha value is -3.13. The van der Waals surface area contributed by atoms with Crippen LogP contribution in [0.5, 0.6) is 0 Å². The number of nitrogens with two attached hydrogens (primary N) is 1. The summed E-state index contributed by atoms with van der Waals surface area (Å²) in [7, 11) is 0. The second kappa shape index (κ2) is 6.20. The maximum atomic E-state index is 13.0. The molecule has 0 bridgehead atoms. The van der Waals surface area contributed by atoms with E-state index in [1.807, 2.05) is 36.4 Å². The smallest absolute Gasteiger partial charge is 0.253 e. The van der Waals surface area contributed by atoms with Crippen LogP contribution in [0.1, 0.15) is 23.2 Å². The zero-order valence-corrected chi connectivity index (χ0v) is 15.9. The number of likely N-dealkylation sites (tertiary alicyclic amines) is 1. The number of nitrogen functional groups attached to an aromatic ring is 1. The molecular formula is C20H19N5O2S. The molecule has 2 amide bonds. The molecule has 0 radical (unpaired) electrons. The summed E-state index contributed by atoms with van der Waals surface area (Å²) in [6, 6.07) is 13.2. The fourth-order valence-electron chi connectivity index (χ4n) is 3.96. The van der Waals surface area contributed by atoms with Gasteiger partial charge in [0.1, 0.15) is 5.54 Å². The molecule has 2 aliphatic rings. The van der Waals surface area contributed by atoms with Gasteiger partial charge in [-0.3, -0.25) is 9.59 Å². The van der Waals surface area contributed by atoms with Crippen molar-refractivity contribution < 1.29 is 9.59 Å². The molecule has 4 N–H and O–H groups in total. The molecule has 1 saturated heterocycles. The molecule has 0 aliphatic carbocycles. The number of carbonyl (C=O) groups excluding carboxylic acids is 2. The molecule has 5 rings (SSSR count). The summed E-state index contributed by atoms with van der Waals surface area (Å²) in [6.45, 7) is 1.03. The van der Waals surface area contributed by atoms with Gasteiger partial charge in [0.2, 0.25) is 5.91 Å². The van der Waals surface area contributed by atoms with Gasteiger partial charge in [-0.1, -0.05) is 23.5 Å². The highest BCUT2D eigenvalue weighted by molar-refractivity contribution is 7.22. The summed E-state index contributed by atoms with van der Waals surface area (Å²) < 4.78 is 0.966. The maximum absolute atomic E-state index is 13.0. The molecule has 7 nitrogen and oxygen atoms in total. The van der Waals surface area contributed by atoms with Crippen molar-refractivity contribution in [2.24, 2.45) is 0 Å². The topological polar surface area (TPSA) is 100 Å². The summed E-state index contributed by atoms with van der Waals surface area (Å²) in [5.74, 6) is -0.0717. The van der Waals surface area contributed by atoms with E-state index in [-0.39, 0.29) is 11.8 Å². The molecule has 1 fully saturated rings. The highest BCUT2D eigenvalue weighted by Gasteiger charge is 2.45. The van der Waals surface area contributed by atoms with Crippen molar-refractivity contribution in [3.63, 3.8) is 0 Å². The molecule has 2 aromatic carbocycles. The fourth-order valence-corrected chi connectivity index (χ4v) is 4.68. The van der Waals surface area contributed by atoms with Crippen LogP contribution in [-0.4, -0.2) is 40.3 Å². The van der Waals surface area contributed by atoms with Crippen LogP contribution in [0.3, 0.4) is 0 Å². The zero-order chi connectivity index (χ0) is 19.3. The van der Waals surface area contributed by atoms with Crippen LogP contribution >= 0.6 is 11.3 Å². The van der Waals surface area contributed by atoms with Crippen molar-refractivity contribution in [2.45, 2.75) is 18.4 Å². The number of hydrogen-bond donors (Lipinski definition) is 3. The Morgan fingerprint density at radius 1 is 1.14 bits per heavy atom. The standard InChI is InChI=1S/C20H19N5O2S/c21-19-23-15-11-12(5-6-16(15)28-19)17(26)25-9-7-20(8-10-25)18(27)22-13-3-1-2-4-14(13)24-20/h1-6,11,24H,7-10H2,(H2,21,23)(H,22,27). The van der Waals surface area contributed by atoms with Gasteiger partial charge in [-0.05, 0) is 43.2 Å². The monoisotopic (exact) mass is 393 g/mol. The summed E-state index contributed by atoms with van der Waals surface area (Å²) in [5, 5.41) is 6.91. The van der Waals surface area contributed by atoms with Gasteiger partial charge in [-0.25, -0.2) is 4.98 Å². The van der Waals surface area contributed by atoms with Crippen LogP contribution in [0.2, 0.25) is 0 Å². The lowest BCUT2D eigenvalue weighted by atomic mass is 9.84. The average molecular weight is 393 g/mol. The van der Waals surface area contributed by atoms with Gasteiger partial charge < -0.3 is 21.3 Å². The van der Waals surface area contributed by atoms with E-state index in [1.54, 1.807) is 11.0 Å². The number of rotatable bonds is 1. The number of thiazole rings is 1. The van der Waals surface area contributed by atoms with Gasteiger partial charge in [0.05, 0.1) is 21.6 Å². The number of para-hydroxylation sites is 2. The molecular weight excluding hydrogens is 374 g/mol. The Balaban J connectivity index is 1.34. The van der Waals surface area contributed by atoms with E-state index < -0.39 is 5.54 Å². The minimum atomic E-state index is -0.668. The van der Waals surface area contributed by atoms with E-state index in [0.717, 1.165) is 21.6 Å². The quantitative estimate of drug-likeness (QED) is 0.590. The highest BCUT2D eigenvalue weighted by Crippen LogP contribution is 2.36. The number of anilines is 3. The van der Waals surface area contributed by atoms with Crippen molar-refractivity contribution in [1.29, 1.82) is 0 Å². The van der Waals surface area contributed by atoms with Crippen LogP contribution < -0.4 is 16.4 Å². The van der Waals surface area contributed by atoms with Crippen molar-refractivity contribution in [2.75, 3.05) is 29.5 Å². The van der Waals surface area contributed by atoms with E-state index in [2.05, 4.69) is 15.6 Å². The average Bonchev–Trinajstić information content (AvgIpc) is 3.08. The third-order valence-corrected chi connectivity index (χ3v) is 6.40. The number of aromatic nitrogens is 1. The lowest BCUT2D eigenvalue weighted by molar-refractivity contribution is -0.122. The first-order valence-corrected chi connectivity index (χ1v) is 10.00. The van der Waals surface area contributed by atoms with Gasteiger partial charge in [0.25, 0.3) is 5.91 Å². The third-order valence-electron chi connectivity index (χ3n) is 5.54. The number of amides is 2. The molecule has 8 heteroatoms. The minimum absolute atomic E-state index is 0.0299. The molecule has 142 valence electrons. The zero-order valence-electron chi connectivity index (χ0n) is 15.1. The van der Waals surface area contributed by atoms with Crippen molar-refractivity contribution >= 4 is 49.9 Å². The molecule has 0 unspecified atom stereocenters. The van der Waals surface area contributed by atoms with Crippen LogP contribution in [0.4, 0.5) is 16.5 Å². The predicted octanol–water partition coefficient (Wildman–Crippen LogP) is 2.92. The number of nitrogens with one attached hydrogen (secondary N) is 2. The first-order valence-electron chi connectivity index (χ1n) is 9.18. The SMILES string of the molecule is Nc1nc2cc(C(=O)N3CCC4(CC3)Nc3ccccc3NC4=O)ccc2s1. The number of carbonyl (C=O) groups is 2. The second-order valence-corrected chi connectivity index (χ2v) is 8.30. The van der Waals surface area contributed by atoms with E-state index in [4.69, 9.17) is 5.73 Å². The Kier molecular flexibility index (Phi) is 3.77. The first kappa shape index (κ1) is 17.0. The van der Waals surface area contributed by atoms with Crippen LogP contribution in [0.25, 0.3) is 10.2 Å². The van der Waals surface area contributed by atoms with Gasteiger partial charge in [-0.2, -0.15) is 0 Å². The van der Waals surface area contributed by atoms with Gasteiger partial charge >= 0.3 is 0 Å². The first-order chi connectivity index (χ1) is 13.5. The number of hydrogen-bond acceptors (Lipinski definition) is 6. The van der Waals surface area contributed by atoms with Crippen molar-refractivity contribution in [1.82, 2.24) is 9.88 Å². The van der Waals surface area contributed by atoms with Crippen LogP contribution in [0.15, 0.2) is 42.5 Å². The molecule has 3 aromatic rings. The number of benzene rings is 2. The predicted molar refractivity (Wildman–Crippen MR) is 111 cm³/mol. The Morgan fingerprint density at radius 3 is 2.68 bits per heavy atom. The Labute approximate surface area is 165 Å². The van der Waals surface area contributed by atoms with Crippen molar-refractivity contribution in [3.8, 4) is 0 Å². The molecule has 0 atom stereocenters. The van der Waals surface area contributed by atoms with Gasteiger partial charge in [0, 0.05) is 18.7 Å². The third kappa shape index (κ3) is 2.68. The number of nitrogens with zero attached hydrogens (tertiary/aromatic N) is 2. The van der Waals surface area contributed by atoms with E-state index in [1.165, 1.54) is 11.3 Å². The molecule has 0 saturated carbocycles. The van der Waals surface area contributed by atoms with Crippen molar-refractivity contribution in [3.05, 3.63) is 48.0 Å². The second-order valence-electron chi connectivity index (χ2n) is 7.23. The summed E-state index contributed by atoms with van der Waals surface area (Å²) in [6.07, 6.45) is 1.12. The largest absolute Gasteiger partial charge is 0.375 e. The lowest BCUT2D eigenvalue weighted by Gasteiger charge is -2.44. The normalized spacial score (nSPS) is 17.9. The van der Waals surface area contributed by atoms with Crippen LogP contribution in [0, 0.1) is 0 Å². The summed E-state index contributed by atoms with van der Waals surface area (Å²) in [5.41, 5.74) is 8.15. The minimum Gasteiger partial charge on any atom is -0.375 e. The Morgan fingerprint density at radius 2 is 1.89 bits per heavy atom. The van der Waals surface area contributed by atoms with E-state index in [0.29, 0.717) is 36.6 Å². The highest BCUT2D eigenvalue weighted by atomic mass is 32.1. The van der Waals surface area contributed by atoms with Crippen LogP contribution in [-0.2, 0) is 4.79 Å². The maximum Gasteiger partial charge on any atom is 0.253 e. The lowest BCUT2D eigenvalue weighted by Crippen LogP contribution is -2.59. The molecule has 2 aliphatic heterocycles. The number of fused-ring (bicyclic) bond motifs is 2. The summed E-state index contributed by atoms with van der Waals surface area (Å²) in [4.78, 5) is 31.8. The van der Waals surface area contributed by atoms with E-state index >= 15 is 0 Å². The Bertz CT molecular complexity index is 1100. The molecule has 1 spiro atoms. The molecule has 28 heavy (non-hydrogen) atoms. The van der Waals surface area contributed by atoms with Gasteiger partial charge in [-0.15, -0.1) is 0 Å².